The molecular weight excluding hydrogens is 379 g/mol. The van der Waals surface area contributed by atoms with Gasteiger partial charge in [-0.1, -0.05) is 26.0 Å². The van der Waals surface area contributed by atoms with Gasteiger partial charge >= 0.3 is 0 Å². The van der Waals surface area contributed by atoms with E-state index in [1.54, 1.807) is 12.1 Å². The van der Waals surface area contributed by atoms with E-state index in [0.29, 0.717) is 11.5 Å². The number of anilines is 2. The molecule has 0 saturated carbocycles. The first-order valence-electron chi connectivity index (χ1n) is 10.1. The summed E-state index contributed by atoms with van der Waals surface area (Å²) in [6.45, 7) is 4.22. The van der Waals surface area contributed by atoms with Gasteiger partial charge < -0.3 is 14.8 Å². The molecular formula is C25H25FN2O2. The smallest absolute Gasteiger partial charge is 0.169 e. The first kappa shape index (κ1) is 20.0. The molecule has 154 valence electrons. The number of nitrogens with zero attached hydrogens (tertiary/aromatic N) is 1. The van der Waals surface area contributed by atoms with Crippen molar-refractivity contribution in [2.75, 3.05) is 12.4 Å². The second-order valence-corrected chi connectivity index (χ2v) is 7.58. The van der Waals surface area contributed by atoms with Crippen LogP contribution in [-0.2, 0) is 0 Å². The van der Waals surface area contributed by atoms with Crippen molar-refractivity contribution < 1.29 is 13.9 Å². The van der Waals surface area contributed by atoms with Gasteiger partial charge in [-0.25, -0.2) is 9.37 Å². The molecule has 3 aromatic rings. The lowest BCUT2D eigenvalue weighted by Crippen LogP contribution is -2.30. The van der Waals surface area contributed by atoms with Crippen molar-refractivity contribution in [2.45, 2.75) is 32.6 Å². The molecule has 0 atom stereocenters. The number of rotatable bonds is 6. The Hall–Kier alpha value is -3.34. The van der Waals surface area contributed by atoms with Gasteiger partial charge in [-0.15, -0.1) is 0 Å². The summed E-state index contributed by atoms with van der Waals surface area (Å²) < 4.78 is 25.1. The number of halogens is 1. The summed E-state index contributed by atoms with van der Waals surface area (Å²) in [6, 6.07) is 14.4. The van der Waals surface area contributed by atoms with E-state index in [2.05, 4.69) is 37.4 Å². The topological polar surface area (TPSA) is 43.4 Å². The van der Waals surface area contributed by atoms with Crippen LogP contribution in [0.3, 0.4) is 0 Å². The van der Waals surface area contributed by atoms with Crippen LogP contribution in [0.2, 0.25) is 0 Å². The molecule has 0 amide bonds. The number of hydrogen-bond donors (Lipinski definition) is 1. The van der Waals surface area contributed by atoms with Crippen molar-refractivity contribution in [3.05, 3.63) is 70.5 Å². The van der Waals surface area contributed by atoms with Crippen LogP contribution >= 0.6 is 0 Å². The van der Waals surface area contributed by atoms with E-state index < -0.39 is 5.82 Å². The number of benzene rings is 2. The van der Waals surface area contributed by atoms with Gasteiger partial charge in [-0.05, 0) is 72.0 Å². The lowest BCUT2D eigenvalue weighted by Gasteiger charge is -2.17. The summed E-state index contributed by atoms with van der Waals surface area (Å²) in [5.41, 5.74) is 2.02. The van der Waals surface area contributed by atoms with Crippen LogP contribution in [0.1, 0.15) is 38.2 Å². The monoisotopic (exact) mass is 404 g/mol. The molecule has 0 bridgehead atoms. The van der Waals surface area contributed by atoms with Crippen LogP contribution in [0.4, 0.5) is 15.9 Å². The van der Waals surface area contributed by atoms with E-state index in [-0.39, 0.29) is 11.7 Å². The molecule has 1 aliphatic rings. The van der Waals surface area contributed by atoms with Crippen molar-refractivity contribution in [1.29, 1.82) is 0 Å². The van der Waals surface area contributed by atoms with Crippen LogP contribution in [0, 0.1) is 5.82 Å². The van der Waals surface area contributed by atoms with Crippen molar-refractivity contribution >= 4 is 23.7 Å². The number of ether oxygens (including phenoxy) is 2. The van der Waals surface area contributed by atoms with Gasteiger partial charge in [0.05, 0.1) is 12.5 Å². The quantitative estimate of drug-likeness (QED) is 0.610. The standard InChI is InChI=1S/C25H25FN2O2/c1-16(2)20-14-19(30-24-12-10-18(29-3)15-21(24)26)9-11-23(20)28-25-13-8-17-6-4-5-7-22(17)27-25/h6-16H,4-5H2,1-3H3,(H,27,28). The third-order valence-electron chi connectivity index (χ3n) is 5.10. The highest BCUT2D eigenvalue weighted by Crippen LogP contribution is 2.33. The van der Waals surface area contributed by atoms with Gasteiger partial charge in [0.25, 0.3) is 0 Å². The molecule has 1 heterocycles. The minimum absolute atomic E-state index is 0.161. The maximum atomic E-state index is 14.3. The van der Waals surface area contributed by atoms with E-state index in [1.165, 1.54) is 18.4 Å². The molecule has 4 rings (SSSR count). The zero-order valence-corrected chi connectivity index (χ0v) is 17.4. The van der Waals surface area contributed by atoms with E-state index in [4.69, 9.17) is 14.5 Å². The number of fused-ring (bicyclic) bond motifs is 1. The molecule has 5 heteroatoms. The van der Waals surface area contributed by atoms with Gasteiger partial charge in [0.2, 0.25) is 0 Å². The van der Waals surface area contributed by atoms with Gasteiger partial charge in [0, 0.05) is 11.8 Å². The SMILES string of the molecule is COc1ccc(Oc2ccc(Nc3ccc4c(n3)=CCCC=4)c(C(C)C)c2)c(F)c1. The summed E-state index contributed by atoms with van der Waals surface area (Å²) >= 11 is 0. The lowest BCUT2D eigenvalue weighted by atomic mass is 10.0. The number of pyridine rings is 1. The molecule has 1 aliphatic carbocycles. The third-order valence-corrected chi connectivity index (χ3v) is 5.10. The Morgan fingerprint density at radius 3 is 2.53 bits per heavy atom. The van der Waals surface area contributed by atoms with Crippen molar-refractivity contribution in [3.8, 4) is 17.2 Å². The van der Waals surface area contributed by atoms with Gasteiger partial charge in [0.15, 0.2) is 11.6 Å². The molecule has 4 nitrogen and oxygen atoms in total. The Labute approximate surface area is 175 Å². The Morgan fingerprint density at radius 2 is 1.77 bits per heavy atom. The first-order chi connectivity index (χ1) is 14.5. The second kappa shape index (κ2) is 8.57. The summed E-state index contributed by atoms with van der Waals surface area (Å²) in [4.78, 5) is 4.74. The molecule has 2 aromatic carbocycles. The Bertz CT molecular complexity index is 1190. The summed E-state index contributed by atoms with van der Waals surface area (Å²) in [6.07, 6.45) is 6.48. The summed E-state index contributed by atoms with van der Waals surface area (Å²) in [7, 11) is 1.50. The summed E-state index contributed by atoms with van der Waals surface area (Å²) in [5.74, 6) is 1.78. The number of methoxy groups -OCH3 is 1. The number of hydrogen-bond acceptors (Lipinski definition) is 4. The normalized spacial score (nSPS) is 12.6. The minimum atomic E-state index is -0.464. The predicted octanol–water partition coefficient (Wildman–Crippen LogP) is 5.24. The van der Waals surface area contributed by atoms with Crippen LogP contribution in [0.5, 0.6) is 17.2 Å². The lowest BCUT2D eigenvalue weighted by molar-refractivity contribution is 0.402. The molecule has 0 aliphatic heterocycles. The number of aromatic nitrogens is 1. The van der Waals surface area contributed by atoms with Crippen molar-refractivity contribution in [2.24, 2.45) is 0 Å². The molecule has 0 saturated heterocycles. The Balaban J connectivity index is 1.61. The average Bonchev–Trinajstić information content (AvgIpc) is 2.76. The fourth-order valence-electron chi connectivity index (χ4n) is 3.50. The van der Waals surface area contributed by atoms with Crippen LogP contribution in [0.15, 0.2) is 48.5 Å². The van der Waals surface area contributed by atoms with Gasteiger partial charge in [0.1, 0.15) is 17.3 Å². The highest BCUT2D eigenvalue weighted by atomic mass is 19.1. The highest BCUT2D eigenvalue weighted by Gasteiger charge is 2.12. The molecule has 0 unspecified atom stereocenters. The van der Waals surface area contributed by atoms with E-state index >= 15 is 0 Å². The first-order valence-corrected chi connectivity index (χ1v) is 10.1. The predicted molar refractivity (Wildman–Crippen MR) is 118 cm³/mol. The molecule has 1 N–H and O–H groups in total. The molecule has 1 aromatic heterocycles. The molecule has 0 radical (unpaired) electrons. The Morgan fingerprint density at radius 1 is 0.967 bits per heavy atom. The molecule has 30 heavy (non-hydrogen) atoms. The zero-order valence-electron chi connectivity index (χ0n) is 17.4. The fourth-order valence-corrected chi connectivity index (χ4v) is 3.50. The van der Waals surface area contributed by atoms with Crippen LogP contribution in [-0.4, -0.2) is 12.1 Å². The van der Waals surface area contributed by atoms with E-state index in [0.717, 1.165) is 35.3 Å². The fraction of sp³-hybridized carbons (Fsp3) is 0.240. The maximum Gasteiger partial charge on any atom is 0.169 e. The third kappa shape index (κ3) is 4.30. The molecule has 0 fully saturated rings. The van der Waals surface area contributed by atoms with Gasteiger partial charge in [-0.2, -0.15) is 0 Å². The average molecular weight is 404 g/mol. The Kier molecular flexibility index (Phi) is 5.70. The minimum Gasteiger partial charge on any atom is -0.497 e. The maximum absolute atomic E-state index is 14.3. The summed E-state index contributed by atoms with van der Waals surface area (Å²) in [5, 5.41) is 5.63. The van der Waals surface area contributed by atoms with E-state index in [9.17, 15) is 4.39 Å². The molecule has 0 spiro atoms. The number of nitrogens with one attached hydrogen (secondary N) is 1. The largest absolute Gasteiger partial charge is 0.497 e. The van der Waals surface area contributed by atoms with E-state index in [1.807, 2.05) is 24.3 Å². The van der Waals surface area contributed by atoms with Gasteiger partial charge in [-0.3, -0.25) is 0 Å². The van der Waals surface area contributed by atoms with Crippen molar-refractivity contribution in [3.63, 3.8) is 0 Å². The zero-order chi connectivity index (χ0) is 21.1. The van der Waals surface area contributed by atoms with Crippen LogP contribution in [0.25, 0.3) is 12.2 Å². The highest BCUT2D eigenvalue weighted by molar-refractivity contribution is 5.63. The van der Waals surface area contributed by atoms with Crippen molar-refractivity contribution in [1.82, 2.24) is 4.98 Å². The van der Waals surface area contributed by atoms with Crippen LogP contribution < -0.4 is 25.4 Å². The second-order valence-electron chi connectivity index (χ2n) is 7.58.